The lowest BCUT2D eigenvalue weighted by Gasteiger charge is -2.24. The fraction of sp³-hybridized carbons (Fsp3) is 1.00. The summed E-state index contributed by atoms with van der Waals surface area (Å²) in [5, 5.41) is 9.36. The standard InChI is InChI=1S/C10H22O2/c1-5-6-7-12-10(8(2)3)9(4)11/h8-11H,5-7H2,1-4H3/t9-,10+/m0/s1. The van der Waals surface area contributed by atoms with Crippen LogP contribution in [0.3, 0.4) is 0 Å². The van der Waals surface area contributed by atoms with Gasteiger partial charge in [0.05, 0.1) is 12.2 Å². The minimum atomic E-state index is -0.359. The Morgan fingerprint density at radius 2 is 1.83 bits per heavy atom. The van der Waals surface area contributed by atoms with E-state index in [1.54, 1.807) is 6.92 Å². The van der Waals surface area contributed by atoms with E-state index in [1.807, 2.05) is 0 Å². The van der Waals surface area contributed by atoms with Crippen LogP contribution in [-0.4, -0.2) is 23.9 Å². The van der Waals surface area contributed by atoms with Gasteiger partial charge in [0.2, 0.25) is 0 Å². The van der Waals surface area contributed by atoms with Gasteiger partial charge in [-0.3, -0.25) is 0 Å². The summed E-state index contributed by atoms with van der Waals surface area (Å²) in [7, 11) is 0. The first-order chi connectivity index (χ1) is 5.59. The second-order valence-electron chi connectivity index (χ2n) is 3.67. The average Bonchev–Trinajstić information content (AvgIpc) is 1.96. The molecule has 0 fully saturated rings. The quantitative estimate of drug-likeness (QED) is 0.626. The first kappa shape index (κ1) is 11.9. The lowest BCUT2D eigenvalue weighted by atomic mass is 10.0. The molecule has 0 aromatic carbocycles. The Balaban J connectivity index is 3.64. The van der Waals surface area contributed by atoms with Crippen molar-refractivity contribution in [2.75, 3.05) is 6.61 Å². The Morgan fingerprint density at radius 3 is 2.17 bits per heavy atom. The molecule has 0 unspecified atom stereocenters. The molecular weight excluding hydrogens is 152 g/mol. The van der Waals surface area contributed by atoms with Crippen molar-refractivity contribution >= 4 is 0 Å². The van der Waals surface area contributed by atoms with Gasteiger partial charge in [-0.05, 0) is 19.3 Å². The molecule has 2 heteroatoms. The van der Waals surface area contributed by atoms with Gasteiger partial charge in [-0.25, -0.2) is 0 Å². The Hall–Kier alpha value is -0.0800. The monoisotopic (exact) mass is 174 g/mol. The summed E-state index contributed by atoms with van der Waals surface area (Å²) in [5.41, 5.74) is 0. The number of unbranched alkanes of at least 4 members (excludes halogenated alkanes) is 1. The highest BCUT2D eigenvalue weighted by Gasteiger charge is 2.18. The maximum absolute atomic E-state index is 9.36. The van der Waals surface area contributed by atoms with E-state index in [1.165, 1.54) is 0 Å². The van der Waals surface area contributed by atoms with Crippen molar-refractivity contribution in [3.63, 3.8) is 0 Å². The Labute approximate surface area is 75.9 Å². The topological polar surface area (TPSA) is 29.5 Å². The van der Waals surface area contributed by atoms with Gasteiger partial charge in [0.15, 0.2) is 0 Å². The zero-order valence-electron chi connectivity index (χ0n) is 8.71. The van der Waals surface area contributed by atoms with Crippen molar-refractivity contribution < 1.29 is 9.84 Å². The van der Waals surface area contributed by atoms with E-state index in [2.05, 4.69) is 20.8 Å². The predicted molar refractivity (Wildman–Crippen MR) is 51.2 cm³/mol. The minimum absolute atomic E-state index is 0.00319. The van der Waals surface area contributed by atoms with Gasteiger partial charge in [-0.15, -0.1) is 0 Å². The van der Waals surface area contributed by atoms with E-state index in [4.69, 9.17) is 4.74 Å². The third kappa shape index (κ3) is 4.73. The van der Waals surface area contributed by atoms with Crippen LogP contribution in [0.2, 0.25) is 0 Å². The van der Waals surface area contributed by atoms with Crippen molar-refractivity contribution in [1.82, 2.24) is 0 Å². The first-order valence-electron chi connectivity index (χ1n) is 4.89. The lowest BCUT2D eigenvalue weighted by molar-refractivity contribution is -0.0545. The predicted octanol–water partition coefficient (Wildman–Crippen LogP) is 2.21. The van der Waals surface area contributed by atoms with Gasteiger partial charge in [-0.1, -0.05) is 27.2 Å². The minimum Gasteiger partial charge on any atom is -0.391 e. The van der Waals surface area contributed by atoms with Crippen molar-refractivity contribution in [1.29, 1.82) is 0 Å². The summed E-state index contributed by atoms with van der Waals surface area (Å²) in [5.74, 6) is 0.391. The Kier molecular flexibility index (Phi) is 6.39. The molecule has 0 aromatic heterocycles. The van der Waals surface area contributed by atoms with E-state index in [9.17, 15) is 5.11 Å². The van der Waals surface area contributed by atoms with Gasteiger partial charge in [0, 0.05) is 6.61 Å². The molecule has 1 N–H and O–H groups in total. The maximum atomic E-state index is 9.36. The fourth-order valence-corrected chi connectivity index (χ4v) is 1.25. The molecule has 0 aliphatic heterocycles. The largest absolute Gasteiger partial charge is 0.391 e. The Bertz CT molecular complexity index is 92.0. The Morgan fingerprint density at radius 1 is 1.25 bits per heavy atom. The summed E-state index contributed by atoms with van der Waals surface area (Å²) in [6.07, 6.45) is 1.86. The molecular formula is C10H22O2. The van der Waals surface area contributed by atoms with Crippen LogP contribution >= 0.6 is 0 Å². The van der Waals surface area contributed by atoms with E-state index in [0.29, 0.717) is 5.92 Å². The molecule has 0 saturated carbocycles. The molecule has 0 rings (SSSR count). The van der Waals surface area contributed by atoms with Crippen LogP contribution in [0.15, 0.2) is 0 Å². The molecule has 0 amide bonds. The van der Waals surface area contributed by atoms with E-state index < -0.39 is 0 Å². The summed E-state index contributed by atoms with van der Waals surface area (Å²) >= 11 is 0. The van der Waals surface area contributed by atoms with Crippen molar-refractivity contribution in [3.05, 3.63) is 0 Å². The lowest BCUT2D eigenvalue weighted by Crippen LogP contribution is -2.31. The van der Waals surface area contributed by atoms with E-state index in [-0.39, 0.29) is 12.2 Å². The molecule has 0 saturated heterocycles. The van der Waals surface area contributed by atoms with Crippen LogP contribution in [-0.2, 0) is 4.74 Å². The summed E-state index contributed by atoms with van der Waals surface area (Å²) in [6.45, 7) is 8.84. The SMILES string of the molecule is CCCCO[C@H](C(C)C)[C@H](C)O. The van der Waals surface area contributed by atoms with Crippen LogP contribution in [0, 0.1) is 5.92 Å². The second-order valence-corrected chi connectivity index (χ2v) is 3.67. The van der Waals surface area contributed by atoms with Crippen LogP contribution < -0.4 is 0 Å². The second kappa shape index (κ2) is 6.44. The summed E-state index contributed by atoms with van der Waals surface area (Å²) < 4.78 is 5.56. The maximum Gasteiger partial charge on any atom is 0.0853 e. The van der Waals surface area contributed by atoms with E-state index in [0.717, 1.165) is 19.4 Å². The van der Waals surface area contributed by atoms with Crippen LogP contribution in [0.4, 0.5) is 0 Å². The number of hydrogen-bond donors (Lipinski definition) is 1. The smallest absolute Gasteiger partial charge is 0.0853 e. The van der Waals surface area contributed by atoms with E-state index >= 15 is 0 Å². The molecule has 0 aromatic rings. The highest BCUT2D eigenvalue weighted by atomic mass is 16.5. The zero-order chi connectivity index (χ0) is 9.56. The van der Waals surface area contributed by atoms with Crippen molar-refractivity contribution in [2.45, 2.75) is 52.7 Å². The molecule has 12 heavy (non-hydrogen) atoms. The fourth-order valence-electron chi connectivity index (χ4n) is 1.25. The molecule has 0 radical (unpaired) electrons. The molecule has 0 aliphatic carbocycles. The number of rotatable bonds is 6. The van der Waals surface area contributed by atoms with Crippen LogP contribution in [0.1, 0.15) is 40.5 Å². The van der Waals surface area contributed by atoms with Gasteiger partial charge in [-0.2, -0.15) is 0 Å². The number of aliphatic hydroxyl groups is 1. The highest BCUT2D eigenvalue weighted by molar-refractivity contribution is 4.67. The van der Waals surface area contributed by atoms with Gasteiger partial charge in [0.25, 0.3) is 0 Å². The van der Waals surface area contributed by atoms with Gasteiger partial charge >= 0.3 is 0 Å². The normalized spacial score (nSPS) is 16.5. The van der Waals surface area contributed by atoms with Crippen molar-refractivity contribution in [3.8, 4) is 0 Å². The average molecular weight is 174 g/mol. The molecule has 2 atom stereocenters. The van der Waals surface area contributed by atoms with Crippen molar-refractivity contribution in [2.24, 2.45) is 5.92 Å². The number of aliphatic hydroxyl groups excluding tert-OH is 1. The van der Waals surface area contributed by atoms with Crippen LogP contribution in [0.5, 0.6) is 0 Å². The third-order valence-electron chi connectivity index (χ3n) is 1.94. The third-order valence-corrected chi connectivity index (χ3v) is 1.94. The number of hydrogen-bond acceptors (Lipinski definition) is 2. The first-order valence-corrected chi connectivity index (χ1v) is 4.89. The molecule has 74 valence electrons. The van der Waals surface area contributed by atoms with Crippen LogP contribution in [0.25, 0.3) is 0 Å². The number of ether oxygens (including phenoxy) is 1. The molecule has 2 nitrogen and oxygen atoms in total. The molecule has 0 aliphatic rings. The zero-order valence-corrected chi connectivity index (χ0v) is 8.71. The van der Waals surface area contributed by atoms with Gasteiger partial charge < -0.3 is 9.84 Å². The molecule has 0 spiro atoms. The summed E-state index contributed by atoms with van der Waals surface area (Å²) in [4.78, 5) is 0. The van der Waals surface area contributed by atoms with Gasteiger partial charge in [0.1, 0.15) is 0 Å². The summed E-state index contributed by atoms with van der Waals surface area (Å²) in [6, 6.07) is 0. The molecule has 0 bridgehead atoms. The highest BCUT2D eigenvalue weighted by Crippen LogP contribution is 2.11. The molecule has 0 heterocycles.